The van der Waals surface area contributed by atoms with Gasteiger partial charge in [0.25, 0.3) is 0 Å². The molecule has 1 amide bonds. The smallest absolute Gasteiger partial charge is 0.237 e. The summed E-state index contributed by atoms with van der Waals surface area (Å²) in [7, 11) is 1.77. The van der Waals surface area contributed by atoms with Crippen LogP contribution < -0.4 is 10.6 Å². The number of rotatable bonds is 4. The lowest BCUT2D eigenvalue weighted by molar-refractivity contribution is -0.122. The molecule has 82 valence electrons. The van der Waals surface area contributed by atoms with E-state index >= 15 is 0 Å². The molecule has 0 saturated heterocycles. The van der Waals surface area contributed by atoms with Gasteiger partial charge in [-0.3, -0.25) is 4.79 Å². The number of hydrogen-bond acceptors (Lipinski definition) is 2. The molecule has 3 nitrogen and oxygen atoms in total. The van der Waals surface area contributed by atoms with Crippen molar-refractivity contribution in [1.82, 2.24) is 10.6 Å². The van der Waals surface area contributed by atoms with Crippen molar-refractivity contribution in [3.8, 4) is 0 Å². The van der Waals surface area contributed by atoms with Crippen molar-refractivity contribution in [2.75, 3.05) is 7.05 Å². The molecular formula is C11H15BrN2O. The van der Waals surface area contributed by atoms with Crippen LogP contribution in [0, 0.1) is 0 Å². The Balaban J connectivity index is 2.51. The summed E-state index contributed by atoms with van der Waals surface area (Å²) in [5, 5.41) is 5.75. The lowest BCUT2D eigenvalue weighted by Crippen LogP contribution is -2.40. The summed E-state index contributed by atoms with van der Waals surface area (Å²) >= 11 is 3.43. The molecule has 0 fully saturated rings. The number of likely N-dealkylation sites (N-methyl/N-ethyl adjacent to an activating group) is 1. The van der Waals surface area contributed by atoms with E-state index in [2.05, 4.69) is 26.6 Å². The fourth-order valence-electron chi connectivity index (χ4n) is 1.11. The van der Waals surface area contributed by atoms with Crippen LogP contribution in [0.15, 0.2) is 28.7 Å². The maximum atomic E-state index is 11.5. The Morgan fingerprint density at radius 1 is 1.47 bits per heavy atom. The Labute approximate surface area is 98.4 Å². The van der Waals surface area contributed by atoms with Crippen molar-refractivity contribution >= 4 is 21.8 Å². The fraction of sp³-hybridized carbons (Fsp3) is 0.364. The Kier molecular flexibility index (Phi) is 4.78. The highest BCUT2D eigenvalue weighted by Crippen LogP contribution is 2.15. The van der Waals surface area contributed by atoms with Gasteiger partial charge in [-0.15, -0.1) is 0 Å². The minimum Gasteiger partial charge on any atom is -0.351 e. The Morgan fingerprint density at radius 2 is 2.13 bits per heavy atom. The molecule has 1 aromatic rings. The highest BCUT2D eigenvalue weighted by atomic mass is 79.9. The van der Waals surface area contributed by atoms with Gasteiger partial charge in [-0.25, -0.2) is 0 Å². The third kappa shape index (κ3) is 3.64. The van der Waals surface area contributed by atoms with Gasteiger partial charge in [-0.05, 0) is 25.6 Å². The minimum atomic E-state index is -0.160. The van der Waals surface area contributed by atoms with Crippen LogP contribution in [-0.4, -0.2) is 19.0 Å². The van der Waals surface area contributed by atoms with E-state index in [-0.39, 0.29) is 11.9 Å². The van der Waals surface area contributed by atoms with Crippen LogP contribution >= 0.6 is 15.9 Å². The van der Waals surface area contributed by atoms with Crippen molar-refractivity contribution in [3.05, 3.63) is 34.3 Å². The van der Waals surface area contributed by atoms with Crippen LogP contribution in [0.4, 0.5) is 0 Å². The average Bonchev–Trinajstić information content (AvgIpc) is 2.26. The molecule has 15 heavy (non-hydrogen) atoms. The zero-order chi connectivity index (χ0) is 11.3. The summed E-state index contributed by atoms with van der Waals surface area (Å²) in [6.07, 6.45) is 0. The van der Waals surface area contributed by atoms with E-state index < -0.39 is 0 Å². The SMILES string of the molecule is CNC(C)C(=O)NCc1ccccc1Br. The summed E-state index contributed by atoms with van der Waals surface area (Å²) in [5.41, 5.74) is 1.08. The van der Waals surface area contributed by atoms with Gasteiger partial charge >= 0.3 is 0 Å². The molecule has 0 spiro atoms. The Morgan fingerprint density at radius 3 is 2.73 bits per heavy atom. The third-order valence-electron chi connectivity index (χ3n) is 2.24. The van der Waals surface area contributed by atoms with E-state index in [4.69, 9.17) is 0 Å². The van der Waals surface area contributed by atoms with Gasteiger partial charge in [-0.2, -0.15) is 0 Å². The molecule has 0 aliphatic heterocycles. The van der Waals surface area contributed by atoms with Crippen LogP contribution in [0.1, 0.15) is 12.5 Å². The normalized spacial score (nSPS) is 12.2. The Hall–Kier alpha value is -0.870. The highest BCUT2D eigenvalue weighted by molar-refractivity contribution is 9.10. The van der Waals surface area contributed by atoms with E-state index in [1.54, 1.807) is 7.05 Å². The van der Waals surface area contributed by atoms with Crippen LogP contribution in [0.5, 0.6) is 0 Å². The molecule has 0 aliphatic carbocycles. The second-order valence-corrected chi connectivity index (χ2v) is 4.17. The molecule has 0 aliphatic rings. The molecule has 0 radical (unpaired) electrons. The van der Waals surface area contributed by atoms with Crippen LogP contribution in [-0.2, 0) is 11.3 Å². The largest absolute Gasteiger partial charge is 0.351 e. The zero-order valence-electron chi connectivity index (χ0n) is 8.88. The van der Waals surface area contributed by atoms with E-state index in [9.17, 15) is 4.79 Å². The van der Waals surface area contributed by atoms with Gasteiger partial charge in [0.15, 0.2) is 0 Å². The monoisotopic (exact) mass is 270 g/mol. The van der Waals surface area contributed by atoms with Crippen molar-refractivity contribution in [3.63, 3.8) is 0 Å². The molecule has 1 aromatic carbocycles. The molecule has 4 heteroatoms. The zero-order valence-corrected chi connectivity index (χ0v) is 10.5. The maximum absolute atomic E-state index is 11.5. The molecule has 1 rings (SSSR count). The predicted molar refractivity (Wildman–Crippen MR) is 64.5 cm³/mol. The summed E-state index contributed by atoms with van der Waals surface area (Å²) in [6.45, 7) is 2.38. The van der Waals surface area contributed by atoms with E-state index in [1.165, 1.54) is 0 Å². The van der Waals surface area contributed by atoms with Crippen molar-refractivity contribution in [2.24, 2.45) is 0 Å². The average molecular weight is 271 g/mol. The molecular weight excluding hydrogens is 256 g/mol. The van der Waals surface area contributed by atoms with Crippen molar-refractivity contribution in [1.29, 1.82) is 0 Å². The summed E-state index contributed by atoms with van der Waals surface area (Å²) < 4.78 is 1.02. The quantitative estimate of drug-likeness (QED) is 0.874. The topological polar surface area (TPSA) is 41.1 Å². The second kappa shape index (κ2) is 5.88. The van der Waals surface area contributed by atoms with Gasteiger partial charge in [0.05, 0.1) is 6.04 Å². The first-order valence-corrected chi connectivity index (χ1v) is 5.63. The fourth-order valence-corrected chi connectivity index (χ4v) is 1.53. The first-order chi connectivity index (χ1) is 7.15. The standard InChI is InChI=1S/C11H15BrN2O/c1-8(13-2)11(15)14-7-9-5-3-4-6-10(9)12/h3-6,8,13H,7H2,1-2H3,(H,14,15). The summed E-state index contributed by atoms with van der Waals surface area (Å²) in [6, 6.07) is 7.68. The first kappa shape index (κ1) is 12.2. The lowest BCUT2D eigenvalue weighted by Gasteiger charge is -2.11. The molecule has 2 N–H and O–H groups in total. The van der Waals surface area contributed by atoms with Gasteiger partial charge in [0, 0.05) is 11.0 Å². The number of hydrogen-bond donors (Lipinski definition) is 2. The van der Waals surface area contributed by atoms with Crippen LogP contribution in [0.2, 0.25) is 0 Å². The number of carbonyl (C=O) groups excluding carboxylic acids is 1. The first-order valence-electron chi connectivity index (χ1n) is 4.83. The number of halogens is 1. The minimum absolute atomic E-state index is 0.00764. The molecule has 1 unspecified atom stereocenters. The molecule has 0 saturated carbocycles. The summed E-state index contributed by atoms with van der Waals surface area (Å²) in [4.78, 5) is 11.5. The van der Waals surface area contributed by atoms with Crippen LogP contribution in [0.25, 0.3) is 0 Å². The third-order valence-corrected chi connectivity index (χ3v) is 3.01. The molecule has 0 heterocycles. The molecule has 0 bridgehead atoms. The van der Waals surface area contributed by atoms with E-state index in [0.717, 1.165) is 10.0 Å². The van der Waals surface area contributed by atoms with E-state index in [0.29, 0.717) is 6.54 Å². The Bertz CT molecular complexity index is 341. The van der Waals surface area contributed by atoms with Crippen molar-refractivity contribution in [2.45, 2.75) is 19.5 Å². The number of nitrogens with one attached hydrogen (secondary N) is 2. The van der Waals surface area contributed by atoms with Gasteiger partial charge in [0.1, 0.15) is 0 Å². The number of carbonyl (C=O) groups is 1. The maximum Gasteiger partial charge on any atom is 0.237 e. The lowest BCUT2D eigenvalue weighted by atomic mass is 10.2. The highest BCUT2D eigenvalue weighted by Gasteiger charge is 2.09. The summed E-state index contributed by atoms with van der Waals surface area (Å²) in [5.74, 6) is 0.00764. The van der Waals surface area contributed by atoms with Crippen molar-refractivity contribution < 1.29 is 4.79 Å². The molecule has 1 atom stereocenters. The molecule has 0 aromatic heterocycles. The second-order valence-electron chi connectivity index (χ2n) is 3.32. The number of amides is 1. The van der Waals surface area contributed by atoms with E-state index in [1.807, 2.05) is 31.2 Å². The van der Waals surface area contributed by atoms with Gasteiger partial charge in [0.2, 0.25) is 5.91 Å². The van der Waals surface area contributed by atoms with Gasteiger partial charge < -0.3 is 10.6 Å². The predicted octanol–water partition coefficient (Wildman–Crippen LogP) is 1.67. The number of benzene rings is 1. The van der Waals surface area contributed by atoms with Gasteiger partial charge in [-0.1, -0.05) is 34.1 Å². The van der Waals surface area contributed by atoms with Crippen LogP contribution in [0.3, 0.4) is 0 Å².